The van der Waals surface area contributed by atoms with Crippen LogP contribution in [0.2, 0.25) is 0 Å². The van der Waals surface area contributed by atoms with Gasteiger partial charge in [-0.25, -0.2) is 0 Å². The summed E-state index contributed by atoms with van der Waals surface area (Å²) in [6, 6.07) is 10.3. The molecule has 0 fully saturated rings. The molecule has 0 saturated carbocycles. The van der Waals surface area contributed by atoms with Crippen molar-refractivity contribution in [3.63, 3.8) is 0 Å². The summed E-state index contributed by atoms with van der Waals surface area (Å²) < 4.78 is 0. The van der Waals surface area contributed by atoms with Gasteiger partial charge in [-0.1, -0.05) is 44.2 Å². The highest BCUT2D eigenvalue weighted by atomic mass is 16.4. The van der Waals surface area contributed by atoms with Crippen molar-refractivity contribution >= 4 is 5.97 Å². The molecule has 0 heterocycles. The van der Waals surface area contributed by atoms with Gasteiger partial charge in [-0.15, -0.1) is 0 Å². The minimum atomic E-state index is -0.833. The first kappa shape index (κ1) is 14.6. The van der Waals surface area contributed by atoms with Gasteiger partial charge in [0.2, 0.25) is 0 Å². The molecular weight excluding hydrogens is 204 g/mol. The largest absolute Gasteiger partial charge is 0.481 e. The first-order valence-electron chi connectivity index (χ1n) is 5.22. The van der Waals surface area contributed by atoms with Gasteiger partial charge in [0.15, 0.2) is 0 Å². The zero-order chi connectivity index (χ0) is 12.6. The molecule has 0 bridgehead atoms. The van der Waals surface area contributed by atoms with E-state index in [1.165, 1.54) is 5.56 Å². The van der Waals surface area contributed by atoms with Gasteiger partial charge in [0, 0.05) is 13.5 Å². The number of aliphatic hydroxyl groups is 1. The van der Waals surface area contributed by atoms with Crippen molar-refractivity contribution in [3.8, 4) is 0 Å². The third kappa shape index (κ3) is 8.00. The molecule has 0 unspecified atom stereocenters. The molecule has 0 spiro atoms. The van der Waals surface area contributed by atoms with Crippen LogP contribution < -0.4 is 0 Å². The van der Waals surface area contributed by atoms with Crippen molar-refractivity contribution in [2.24, 2.45) is 5.41 Å². The van der Waals surface area contributed by atoms with Gasteiger partial charge in [0.05, 0.1) is 0 Å². The van der Waals surface area contributed by atoms with E-state index in [2.05, 4.69) is 26.0 Å². The monoisotopic (exact) mass is 224 g/mol. The lowest BCUT2D eigenvalue weighted by Gasteiger charge is -2.21. The Morgan fingerprint density at radius 3 is 2.06 bits per heavy atom. The van der Waals surface area contributed by atoms with E-state index in [1.54, 1.807) is 0 Å². The maximum atomic E-state index is 9.06. The lowest BCUT2D eigenvalue weighted by Crippen LogP contribution is -2.19. The second-order valence-corrected chi connectivity index (χ2v) is 4.50. The Labute approximate surface area is 96.7 Å². The lowest BCUT2D eigenvalue weighted by molar-refractivity contribution is -0.134. The SMILES string of the molecule is CC(=O)O.CC(C)(CO)Cc1ccccc1. The molecule has 2 N–H and O–H groups in total. The predicted molar refractivity (Wildman–Crippen MR) is 64.3 cm³/mol. The number of carbonyl (C=O) groups is 1. The number of hydrogen-bond donors (Lipinski definition) is 2. The van der Waals surface area contributed by atoms with Crippen LogP contribution in [0.4, 0.5) is 0 Å². The molecular formula is C13H20O3. The van der Waals surface area contributed by atoms with Crippen LogP contribution in [0.15, 0.2) is 30.3 Å². The standard InChI is InChI=1S/C11H16O.C2H4O2/c1-11(2,9-12)8-10-6-4-3-5-7-10;1-2(3)4/h3-7,12H,8-9H2,1-2H3;1H3,(H,3,4). The van der Waals surface area contributed by atoms with E-state index in [1.807, 2.05) is 18.2 Å². The molecule has 0 amide bonds. The Hall–Kier alpha value is -1.35. The average molecular weight is 224 g/mol. The van der Waals surface area contributed by atoms with Crippen molar-refractivity contribution in [1.29, 1.82) is 0 Å². The molecule has 3 heteroatoms. The van der Waals surface area contributed by atoms with Crippen molar-refractivity contribution < 1.29 is 15.0 Å². The zero-order valence-corrected chi connectivity index (χ0v) is 10.1. The average Bonchev–Trinajstić information content (AvgIpc) is 2.18. The van der Waals surface area contributed by atoms with Gasteiger partial charge in [0.1, 0.15) is 0 Å². The van der Waals surface area contributed by atoms with Gasteiger partial charge in [-0.2, -0.15) is 0 Å². The van der Waals surface area contributed by atoms with E-state index in [0.29, 0.717) is 0 Å². The molecule has 0 atom stereocenters. The highest BCUT2D eigenvalue weighted by molar-refractivity contribution is 5.62. The van der Waals surface area contributed by atoms with Gasteiger partial charge in [-0.05, 0) is 17.4 Å². The smallest absolute Gasteiger partial charge is 0.300 e. The van der Waals surface area contributed by atoms with Crippen molar-refractivity contribution in [1.82, 2.24) is 0 Å². The highest BCUT2D eigenvalue weighted by Gasteiger charge is 2.16. The number of benzene rings is 1. The Morgan fingerprint density at radius 1 is 1.25 bits per heavy atom. The van der Waals surface area contributed by atoms with Crippen LogP contribution in [0.25, 0.3) is 0 Å². The summed E-state index contributed by atoms with van der Waals surface area (Å²) in [6.45, 7) is 5.46. The first-order chi connectivity index (χ1) is 7.37. The predicted octanol–water partition coefficient (Wildman–Crippen LogP) is 2.34. The molecule has 1 aromatic carbocycles. The second kappa shape index (κ2) is 7.01. The summed E-state index contributed by atoms with van der Waals surface area (Å²) in [4.78, 5) is 9.00. The fourth-order valence-corrected chi connectivity index (χ4v) is 1.20. The van der Waals surface area contributed by atoms with E-state index in [9.17, 15) is 0 Å². The number of hydrogen-bond acceptors (Lipinski definition) is 2. The van der Waals surface area contributed by atoms with Crippen molar-refractivity contribution in [3.05, 3.63) is 35.9 Å². The molecule has 1 aromatic rings. The zero-order valence-electron chi connectivity index (χ0n) is 10.1. The maximum absolute atomic E-state index is 9.06. The van der Waals surface area contributed by atoms with Crippen LogP contribution in [0, 0.1) is 5.41 Å². The Morgan fingerprint density at radius 2 is 1.69 bits per heavy atom. The van der Waals surface area contributed by atoms with Gasteiger partial charge in [-0.3, -0.25) is 4.79 Å². The molecule has 3 nitrogen and oxygen atoms in total. The second-order valence-electron chi connectivity index (χ2n) is 4.50. The number of aliphatic carboxylic acids is 1. The third-order valence-corrected chi connectivity index (χ3v) is 1.95. The van der Waals surface area contributed by atoms with Crippen LogP contribution >= 0.6 is 0 Å². The van der Waals surface area contributed by atoms with Crippen molar-refractivity contribution in [2.45, 2.75) is 27.2 Å². The maximum Gasteiger partial charge on any atom is 0.300 e. The van der Waals surface area contributed by atoms with E-state index < -0.39 is 5.97 Å². The van der Waals surface area contributed by atoms with E-state index in [-0.39, 0.29) is 12.0 Å². The van der Waals surface area contributed by atoms with E-state index in [4.69, 9.17) is 15.0 Å². The minimum Gasteiger partial charge on any atom is -0.481 e. The van der Waals surface area contributed by atoms with Crippen LogP contribution in [-0.2, 0) is 11.2 Å². The summed E-state index contributed by atoms with van der Waals surface area (Å²) >= 11 is 0. The molecule has 0 aliphatic heterocycles. The molecule has 90 valence electrons. The van der Waals surface area contributed by atoms with Gasteiger partial charge < -0.3 is 10.2 Å². The number of rotatable bonds is 3. The normalized spacial score (nSPS) is 10.2. The molecule has 0 saturated heterocycles. The van der Waals surface area contributed by atoms with Crippen LogP contribution in [-0.4, -0.2) is 22.8 Å². The van der Waals surface area contributed by atoms with Crippen LogP contribution in [0.1, 0.15) is 26.3 Å². The summed E-state index contributed by atoms with van der Waals surface area (Å²) in [7, 11) is 0. The molecule has 0 aliphatic rings. The molecule has 0 radical (unpaired) electrons. The Kier molecular flexibility index (Phi) is 6.42. The summed E-state index contributed by atoms with van der Waals surface area (Å²) in [5.41, 5.74) is 1.29. The summed E-state index contributed by atoms with van der Waals surface area (Å²) in [6.07, 6.45) is 0.935. The highest BCUT2D eigenvalue weighted by Crippen LogP contribution is 2.20. The van der Waals surface area contributed by atoms with Gasteiger partial charge in [0.25, 0.3) is 5.97 Å². The topological polar surface area (TPSA) is 57.5 Å². The van der Waals surface area contributed by atoms with E-state index >= 15 is 0 Å². The van der Waals surface area contributed by atoms with Crippen LogP contribution in [0.3, 0.4) is 0 Å². The fourth-order valence-electron chi connectivity index (χ4n) is 1.20. The van der Waals surface area contributed by atoms with Crippen molar-refractivity contribution in [2.75, 3.05) is 6.61 Å². The van der Waals surface area contributed by atoms with Gasteiger partial charge >= 0.3 is 0 Å². The Bertz CT molecular complexity index is 300. The molecule has 1 rings (SSSR count). The Balaban J connectivity index is 0.000000487. The third-order valence-electron chi connectivity index (χ3n) is 1.95. The molecule has 0 aromatic heterocycles. The number of carboxylic acids is 1. The number of carboxylic acid groups (broad SMARTS) is 1. The fraction of sp³-hybridized carbons (Fsp3) is 0.462. The van der Waals surface area contributed by atoms with Crippen LogP contribution in [0.5, 0.6) is 0 Å². The summed E-state index contributed by atoms with van der Waals surface area (Å²) in [5.74, 6) is -0.833. The lowest BCUT2D eigenvalue weighted by atomic mass is 9.87. The number of aliphatic hydroxyl groups excluding tert-OH is 1. The van der Waals surface area contributed by atoms with E-state index in [0.717, 1.165) is 13.3 Å². The first-order valence-corrected chi connectivity index (χ1v) is 5.22. The molecule has 0 aliphatic carbocycles. The minimum absolute atomic E-state index is 0.00134. The summed E-state index contributed by atoms with van der Waals surface area (Å²) in [5, 5.41) is 16.5. The molecule has 16 heavy (non-hydrogen) atoms. The quantitative estimate of drug-likeness (QED) is 0.828.